The Morgan fingerprint density at radius 2 is 1.12 bits per heavy atom. The highest BCUT2D eigenvalue weighted by Crippen LogP contribution is 2.26. The van der Waals surface area contributed by atoms with E-state index in [4.69, 9.17) is 30.3 Å². The van der Waals surface area contributed by atoms with Crippen molar-refractivity contribution in [1.29, 1.82) is 10.8 Å². The number of diazo groups is 2. The summed E-state index contributed by atoms with van der Waals surface area (Å²) >= 11 is 0. The van der Waals surface area contributed by atoms with Gasteiger partial charge in [-0.05, 0) is 12.1 Å². The van der Waals surface area contributed by atoms with Gasteiger partial charge >= 0.3 is 11.4 Å². The highest BCUT2D eigenvalue weighted by Gasteiger charge is 2.11. The number of rotatable bonds is 2. The van der Waals surface area contributed by atoms with Gasteiger partial charge in [0.25, 0.3) is 0 Å². The van der Waals surface area contributed by atoms with E-state index in [9.17, 15) is 4.32 Å². The molecule has 0 fully saturated rings. The van der Waals surface area contributed by atoms with Gasteiger partial charge in [0.15, 0.2) is 9.95 Å². The van der Waals surface area contributed by atoms with E-state index >= 15 is 0 Å². The highest BCUT2D eigenvalue weighted by molar-refractivity contribution is 6.27. The van der Waals surface area contributed by atoms with E-state index in [2.05, 4.69) is 9.95 Å². The SMILES string of the molecule is COc1ccccc1[N+]#N.COc1ccccc1[N+]#N.[O-]B([O-])F. The van der Waals surface area contributed by atoms with Gasteiger partial charge in [0.2, 0.25) is 22.3 Å². The fraction of sp³-hybridized carbons (Fsp3) is 0.143. The molecular formula is C14H14BFN4O4. The quantitative estimate of drug-likeness (QED) is 0.612. The minimum absolute atomic E-state index is 0.449. The van der Waals surface area contributed by atoms with Gasteiger partial charge in [-0.1, -0.05) is 24.3 Å². The summed E-state index contributed by atoms with van der Waals surface area (Å²) in [6, 6.07) is 14.0. The molecule has 0 atom stereocenters. The summed E-state index contributed by atoms with van der Waals surface area (Å²) in [5.74, 6) is 1.15. The second-order valence-electron chi connectivity index (χ2n) is 3.82. The minimum atomic E-state index is -3.17. The fourth-order valence-electron chi connectivity index (χ4n) is 1.42. The molecule has 0 aliphatic rings. The molecule has 2 aromatic carbocycles. The molecule has 24 heavy (non-hydrogen) atoms. The average molecular weight is 332 g/mol. The van der Waals surface area contributed by atoms with Crippen molar-refractivity contribution in [3.05, 3.63) is 58.5 Å². The first-order valence-corrected chi connectivity index (χ1v) is 6.42. The van der Waals surface area contributed by atoms with Crippen molar-refractivity contribution in [3.63, 3.8) is 0 Å². The van der Waals surface area contributed by atoms with Gasteiger partial charge in [-0.3, -0.25) is 0 Å². The lowest BCUT2D eigenvalue weighted by Crippen LogP contribution is -2.39. The Labute approximate surface area is 138 Å². The van der Waals surface area contributed by atoms with Gasteiger partial charge in [0, 0.05) is 12.1 Å². The van der Waals surface area contributed by atoms with Crippen molar-refractivity contribution in [2.45, 2.75) is 0 Å². The van der Waals surface area contributed by atoms with Crippen LogP contribution in [0.15, 0.2) is 48.5 Å². The third-order valence-corrected chi connectivity index (χ3v) is 2.39. The maximum Gasteiger partial charge on any atom is 0.426 e. The molecule has 0 spiro atoms. The van der Waals surface area contributed by atoms with Crippen LogP contribution in [0.4, 0.5) is 15.7 Å². The Morgan fingerprint density at radius 3 is 1.33 bits per heavy atom. The number of halogens is 1. The first-order valence-electron chi connectivity index (χ1n) is 6.42. The zero-order valence-electron chi connectivity index (χ0n) is 13.0. The van der Waals surface area contributed by atoms with Crippen LogP contribution < -0.4 is 19.5 Å². The smallest absolute Gasteiger partial charge is 0.426 e. The molecule has 0 amide bonds. The normalized spacial score (nSPS) is 8.12. The van der Waals surface area contributed by atoms with Crippen molar-refractivity contribution in [3.8, 4) is 11.5 Å². The molecule has 0 radical (unpaired) electrons. The number of hydrogen-bond donors (Lipinski definition) is 0. The molecule has 0 saturated carbocycles. The third kappa shape index (κ3) is 8.29. The van der Waals surface area contributed by atoms with Crippen LogP contribution >= 0.6 is 0 Å². The van der Waals surface area contributed by atoms with Gasteiger partial charge in [-0.15, -0.1) is 0 Å². The zero-order chi connectivity index (χ0) is 18.4. The Bertz CT molecular complexity index is 643. The summed E-state index contributed by atoms with van der Waals surface area (Å²) < 4.78 is 19.7. The van der Waals surface area contributed by atoms with Crippen LogP contribution in [0.5, 0.6) is 11.5 Å². The molecule has 2 rings (SSSR count). The first kappa shape index (κ1) is 20.8. The second-order valence-corrected chi connectivity index (χ2v) is 3.82. The largest absolute Gasteiger partial charge is 0.867 e. The Balaban J connectivity index is 0.000000363. The van der Waals surface area contributed by atoms with Gasteiger partial charge in [0.05, 0.1) is 14.2 Å². The first-order chi connectivity index (χ1) is 11.5. The molecule has 0 N–H and O–H groups in total. The Kier molecular flexibility index (Phi) is 10.7. The molecule has 124 valence electrons. The monoisotopic (exact) mass is 332 g/mol. The summed E-state index contributed by atoms with van der Waals surface area (Å²) in [5.41, 5.74) is 0.898. The number of hydrogen-bond acceptors (Lipinski definition) is 6. The molecule has 0 aliphatic carbocycles. The number of nitrogens with zero attached hydrogens (tertiary/aromatic N) is 4. The van der Waals surface area contributed by atoms with Crippen LogP contribution in [0.2, 0.25) is 0 Å². The summed E-state index contributed by atoms with van der Waals surface area (Å²) in [5, 5.41) is 33.4. The van der Waals surface area contributed by atoms with Crippen LogP contribution in [-0.2, 0) is 0 Å². The maximum atomic E-state index is 9.89. The molecule has 2 aromatic rings. The molecule has 0 bridgehead atoms. The van der Waals surface area contributed by atoms with Crippen LogP contribution in [0.1, 0.15) is 0 Å². The van der Waals surface area contributed by atoms with Crippen LogP contribution in [-0.4, -0.2) is 21.6 Å². The fourth-order valence-corrected chi connectivity index (χ4v) is 1.42. The van der Waals surface area contributed by atoms with E-state index in [0.29, 0.717) is 22.9 Å². The van der Waals surface area contributed by atoms with Crippen LogP contribution in [0.25, 0.3) is 9.95 Å². The van der Waals surface area contributed by atoms with Crippen LogP contribution in [0, 0.1) is 10.8 Å². The van der Waals surface area contributed by atoms with E-state index in [-0.39, 0.29) is 0 Å². The van der Waals surface area contributed by atoms with Gasteiger partial charge in [-0.2, -0.15) is 0 Å². The molecular weight excluding hydrogens is 318 g/mol. The average Bonchev–Trinajstić information content (AvgIpc) is 2.61. The minimum Gasteiger partial charge on any atom is -0.867 e. The van der Waals surface area contributed by atoms with Gasteiger partial charge < -0.3 is 23.8 Å². The molecule has 10 heteroatoms. The summed E-state index contributed by atoms with van der Waals surface area (Å²) in [4.78, 5) is 6.03. The number of ether oxygens (including phenoxy) is 2. The number of benzene rings is 2. The lowest BCUT2D eigenvalue weighted by Gasteiger charge is -2.09. The van der Waals surface area contributed by atoms with E-state index in [0.717, 1.165) is 0 Å². The van der Waals surface area contributed by atoms with Gasteiger partial charge in [-0.25, -0.2) is 0 Å². The van der Waals surface area contributed by atoms with E-state index < -0.39 is 7.40 Å². The van der Waals surface area contributed by atoms with Crippen molar-refractivity contribution in [2.24, 2.45) is 0 Å². The van der Waals surface area contributed by atoms with E-state index in [1.807, 2.05) is 12.1 Å². The summed E-state index contributed by atoms with van der Waals surface area (Å²) in [6.45, 7) is 0. The van der Waals surface area contributed by atoms with Gasteiger partial charge in [0.1, 0.15) is 7.40 Å². The van der Waals surface area contributed by atoms with Crippen molar-refractivity contribution < 1.29 is 23.8 Å². The van der Waals surface area contributed by atoms with Crippen LogP contribution in [0.3, 0.4) is 0 Å². The van der Waals surface area contributed by atoms with E-state index in [1.165, 1.54) is 14.2 Å². The molecule has 0 unspecified atom stereocenters. The highest BCUT2D eigenvalue weighted by atomic mass is 19.1. The van der Waals surface area contributed by atoms with Crippen molar-refractivity contribution in [2.75, 3.05) is 14.2 Å². The topological polar surface area (TPSA) is 121 Å². The molecule has 0 heterocycles. The molecule has 8 nitrogen and oxygen atoms in total. The van der Waals surface area contributed by atoms with Crippen molar-refractivity contribution >= 4 is 18.8 Å². The lowest BCUT2D eigenvalue weighted by molar-refractivity contribution is -0.366. The number of methoxy groups -OCH3 is 2. The Morgan fingerprint density at radius 1 is 0.833 bits per heavy atom. The Hall–Kier alpha value is -3.21. The third-order valence-electron chi connectivity index (χ3n) is 2.39. The van der Waals surface area contributed by atoms with E-state index in [1.54, 1.807) is 36.4 Å². The molecule has 0 aromatic heterocycles. The predicted octanol–water partition coefficient (Wildman–Crippen LogP) is 2.02. The maximum absolute atomic E-state index is 9.89. The number of para-hydroxylation sites is 2. The standard InChI is InChI=1S/2C7H7N2O.BFO2/c2*1-10-7-5-3-2-4-6(7)9-8;2-1(3)4/h2*2-5H,1H3;/q2*+1;-2. The van der Waals surface area contributed by atoms with Crippen molar-refractivity contribution in [1.82, 2.24) is 0 Å². The molecule has 0 aliphatic heterocycles. The zero-order valence-corrected chi connectivity index (χ0v) is 13.0. The lowest BCUT2D eigenvalue weighted by atomic mass is 10.3. The predicted molar refractivity (Wildman–Crippen MR) is 82.3 cm³/mol. The summed E-state index contributed by atoms with van der Waals surface area (Å²) in [6.07, 6.45) is 0. The second kappa shape index (κ2) is 12.3. The molecule has 0 saturated heterocycles. The summed E-state index contributed by atoms with van der Waals surface area (Å²) in [7, 11) is -0.103.